The van der Waals surface area contributed by atoms with Crippen LogP contribution < -0.4 is 11.1 Å². The van der Waals surface area contributed by atoms with Gasteiger partial charge in [-0.05, 0) is 32.7 Å². The second-order valence-corrected chi connectivity index (χ2v) is 19.0. The van der Waals surface area contributed by atoms with Crippen LogP contribution in [0.2, 0.25) is 18.1 Å². The molecule has 0 amide bonds. The molecule has 0 aromatic rings. The predicted molar refractivity (Wildman–Crippen MR) is 177 cm³/mol. The highest BCUT2D eigenvalue weighted by Gasteiger charge is 2.38. The quantitative estimate of drug-likeness (QED) is 0.0439. The van der Waals surface area contributed by atoms with Gasteiger partial charge in [0.1, 0.15) is 6.10 Å². The molecule has 0 spiro atoms. The third-order valence-electron chi connectivity index (χ3n) is 6.64. The van der Waals surface area contributed by atoms with Crippen LogP contribution in [0.15, 0.2) is 12.2 Å². The first kappa shape index (κ1) is 46.5. The molecule has 0 bridgehead atoms. The van der Waals surface area contributed by atoms with E-state index in [-0.39, 0.29) is 5.97 Å². The fourth-order valence-electron chi connectivity index (χ4n) is 3.67. The van der Waals surface area contributed by atoms with Crippen LogP contribution in [0.4, 0.5) is 0 Å². The van der Waals surface area contributed by atoms with E-state index in [1.807, 2.05) is 0 Å². The molecule has 0 aromatic heterocycles. The van der Waals surface area contributed by atoms with Gasteiger partial charge in [-0.1, -0.05) is 6.58 Å². The van der Waals surface area contributed by atoms with Crippen molar-refractivity contribution in [1.82, 2.24) is 5.32 Å². The number of ether oxygens (including phenoxy) is 3. The first-order valence-corrected chi connectivity index (χ1v) is 20.7. The number of carbonyl (C=O) groups excluding carboxylic acids is 1. The second kappa shape index (κ2) is 28.4. The minimum absolute atomic E-state index is 0.316. The lowest BCUT2D eigenvalue weighted by atomic mass is 10.4. The highest BCUT2D eigenvalue weighted by Crippen LogP contribution is 2.17. The molecule has 0 aliphatic carbocycles. The first-order chi connectivity index (χ1) is 21.5. The van der Waals surface area contributed by atoms with Gasteiger partial charge in [0, 0.05) is 107 Å². The largest absolute Gasteiger partial charge is 0.500 e. The summed E-state index contributed by atoms with van der Waals surface area (Å²) in [4.78, 5) is 11.1. The number of esters is 1. The highest BCUT2D eigenvalue weighted by atomic mass is 28.4. The minimum Gasteiger partial charge on any atom is -0.462 e. The zero-order chi connectivity index (χ0) is 34.6. The van der Waals surface area contributed by atoms with Crippen LogP contribution in [0.25, 0.3) is 0 Å². The normalized spacial score (nSPS) is 14.6. The summed E-state index contributed by atoms with van der Waals surface area (Å²) in [5.41, 5.74) is 5.74. The fourth-order valence-corrected chi connectivity index (χ4v) is 8.77. The Morgan fingerprint density at radius 1 is 0.733 bits per heavy atom. The summed E-state index contributed by atoms with van der Waals surface area (Å²) in [6, 6.07) is 2.22. The average molecular weight is 707 g/mol. The van der Waals surface area contributed by atoms with Crippen LogP contribution in [-0.4, -0.2) is 149 Å². The van der Waals surface area contributed by atoms with Gasteiger partial charge >= 0.3 is 32.4 Å². The van der Waals surface area contributed by atoms with E-state index in [0.717, 1.165) is 44.6 Å². The van der Waals surface area contributed by atoms with Crippen LogP contribution in [0.1, 0.15) is 26.2 Å². The number of nitrogens with two attached hydrogens (primary N) is 1. The van der Waals surface area contributed by atoms with Gasteiger partial charge in [0.2, 0.25) is 0 Å². The van der Waals surface area contributed by atoms with Crippen molar-refractivity contribution < 1.29 is 58.8 Å². The summed E-state index contributed by atoms with van der Waals surface area (Å²) in [5.74, 6) is -0.375. The molecule has 270 valence electrons. The Morgan fingerprint density at radius 3 is 1.49 bits per heavy atom. The molecule has 1 heterocycles. The van der Waals surface area contributed by atoms with Gasteiger partial charge in [-0.15, -0.1) is 0 Å². The fraction of sp³-hybridized carbons (Fsp3) is 0.889. The van der Waals surface area contributed by atoms with Crippen molar-refractivity contribution in [1.29, 1.82) is 0 Å². The van der Waals surface area contributed by atoms with Gasteiger partial charge in [-0.25, -0.2) is 4.79 Å². The van der Waals surface area contributed by atoms with Crippen molar-refractivity contribution in [2.24, 2.45) is 5.73 Å². The van der Waals surface area contributed by atoms with E-state index in [0.29, 0.717) is 50.5 Å². The van der Waals surface area contributed by atoms with Crippen molar-refractivity contribution in [2.75, 3.05) is 110 Å². The smallest absolute Gasteiger partial charge is 0.462 e. The van der Waals surface area contributed by atoms with E-state index < -0.39 is 26.4 Å². The van der Waals surface area contributed by atoms with Crippen molar-refractivity contribution >= 4 is 32.4 Å². The van der Waals surface area contributed by atoms with E-state index >= 15 is 0 Å². The Morgan fingerprint density at radius 2 is 1.13 bits per heavy atom. The van der Waals surface area contributed by atoms with Crippen molar-refractivity contribution in [2.45, 2.75) is 50.4 Å². The molecule has 0 saturated carbocycles. The zero-order valence-corrected chi connectivity index (χ0v) is 32.4. The highest BCUT2D eigenvalue weighted by molar-refractivity contribution is 6.61. The van der Waals surface area contributed by atoms with Gasteiger partial charge in [0.15, 0.2) is 0 Å². The molecule has 15 nitrogen and oxygen atoms in total. The molecule has 0 aromatic carbocycles. The van der Waals surface area contributed by atoms with Crippen molar-refractivity contribution in [3.05, 3.63) is 12.2 Å². The average Bonchev–Trinajstić information content (AvgIpc) is 3.90. The number of carbonyl (C=O) groups is 1. The Labute approximate surface area is 274 Å². The molecule has 1 aliphatic heterocycles. The van der Waals surface area contributed by atoms with E-state index in [2.05, 4.69) is 11.9 Å². The van der Waals surface area contributed by atoms with Crippen molar-refractivity contribution in [3.8, 4) is 0 Å². The molecule has 18 heteroatoms. The maximum Gasteiger partial charge on any atom is 0.500 e. The summed E-state index contributed by atoms with van der Waals surface area (Å²) in [7, 11) is 7.16. The molecule has 0 radical (unpaired) electrons. The molecule has 45 heavy (non-hydrogen) atoms. The van der Waals surface area contributed by atoms with Crippen LogP contribution in [-0.2, 0) is 58.8 Å². The third-order valence-corrected chi connectivity index (χ3v) is 15.1. The monoisotopic (exact) mass is 706 g/mol. The Kier molecular flexibility index (Phi) is 29.3. The van der Waals surface area contributed by atoms with E-state index in [9.17, 15) is 4.79 Å². The predicted octanol–water partition coefficient (Wildman–Crippen LogP) is 1.85. The van der Waals surface area contributed by atoms with E-state index in [1.165, 1.54) is 0 Å². The van der Waals surface area contributed by atoms with Gasteiger partial charge in [-0.3, -0.25) is 0 Å². The van der Waals surface area contributed by atoms with Gasteiger partial charge in [-0.2, -0.15) is 0 Å². The maximum absolute atomic E-state index is 11.1. The summed E-state index contributed by atoms with van der Waals surface area (Å²) in [5, 5.41) is 3.21. The summed E-state index contributed by atoms with van der Waals surface area (Å²) in [6.45, 7) is 10.1. The van der Waals surface area contributed by atoms with Gasteiger partial charge in [0.25, 0.3) is 0 Å². The number of hydrogen-bond acceptors (Lipinski definition) is 15. The van der Waals surface area contributed by atoms with Crippen molar-refractivity contribution in [3.63, 3.8) is 0 Å². The molecular weight excluding hydrogens is 645 g/mol. The van der Waals surface area contributed by atoms with Gasteiger partial charge < -0.3 is 65.1 Å². The summed E-state index contributed by atoms with van der Waals surface area (Å²) < 4.78 is 62.8. The first-order valence-electron chi connectivity index (χ1n) is 14.9. The Hall–Kier alpha value is -0.659. The standard InChI is InChI=1S/C10H20O5Si.C9H20O5Si.C8H22N2O3Si/c1-9(2)10(11)15-7-6-8-16(12-3,13-4)14-5;1-10-15(11-2,12-3)6-4-5-13-7-9-8-14-9;1-11-14(12-2,13-3)8-4-6-10-7-5-9/h1,6-8H2,2-5H3;9H,4-8H2,1-3H3;10H,4-9H2,1-3H3. The molecule has 1 atom stereocenters. The molecule has 1 saturated heterocycles. The summed E-state index contributed by atoms with van der Waals surface area (Å²) >= 11 is 0. The molecule has 1 rings (SSSR count). The second-order valence-electron chi connectivity index (χ2n) is 9.68. The molecule has 1 fully saturated rings. The van der Waals surface area contributed by atoms with Crippen LogP contribution in [0, 0.1) is 0 Å². The van der Waals surface area contributed by atoms with Crippen LogP contribution >= 0.6 is 0 Å². The van der Waals surface area contributed by atoms with Crippen LogP contribution in [0.3, 0.4) is 0 Å². The topological polar surface area (TPSA) is 169 Å². The third kappa shape index (κ3) is 21.8. The summed E-state index contributed by atoms with van der Waals surface area (Å²) in [6.07, 6.45) is 2.83. The SMILES string of the molecule is C=C(C)C(=O)OCCC[Si](OC)(OC)OC.CO[Si](CCCNCCN)(OC)OC.CO[Si](CCCOCC1CO1)(OC)OC. The van der Waals surface area contributed by atoms with E-state index in [4.69, 9.17) is 59.8 Å². The molecule has 3 N–H and O–H groups in total. The van der Waals surface area contributed by atoms with Gasteiger partial charge in [0.05, 0.1) is 19.8 Å². The number of rotatable bonds is 26. The number of nitrogens with one attached hydrogen (secondary N) is 1. The number of epoxide rings is 1. The lowest BCUT2D eigenvalue weighted by Gasteiger charge is -2.24. The number of hydrogen-bond donors (Lipinski definition) is 2. The van der Waals surface area contributed by atoms with E-state index in [1.54, 1.807) is 70.9 Å². The molecule has 1 unspecified atom stereocenters. The lowest BCUT2D eigenvalue weighted by molar-refractivity contribution is -0.139. The zero-order valence-electron chi connectivity index (χ0n) is 29.4. The Bertz CT molecular complexity index is 703. The minimum atomic E-state index is -2.53. The van der Waals surface area contributed by atoms with Crippen LogP contribution in [0.5, 0.6) is 0 Å². The maximum atomic E-state index is 11.1. The lowest BCUT2D eigenvalue weighted by Crippen LogP contribution is -2.43. The Balaban J connectivity index is 0. The molecule has 1 aliphatic rings. The molecular formula is C27H62N2O13Si3.